The highest BCUT2D eigenvalue weighted by Crippen LogP contribution is 2.34. The summed E-state index contributed by atoms with van der Waals surface area (Å²) in [5, 5.41) is 3.09. The fourth-order valence-corrected chi connectivity index (χ4v) is 3.62. The van der Waals surface area contributed by atoms with Crippen LogP contribution in [0.4, 0.5) is 5.69 Å². The van der Waals surface area contributed by atoms with Crippen molar-refractivity contribution in [3.8, 4) is 5.75 Å². The highest BCUT2D eigenvalue weighted by molar-refractivity contribution is 6.01. The average Bonchev–Trinajstić information content (AvgIpc) is 3.17. The standard InChI is InChI=1S/C21H22N2O3/c24-20-14-26-19-11-10-16(21(25)22-17-8-4-5-9-17)12-18(19)23(20)13-15-6-2-1-3-7-15/h1-3,6-7,10-12,17H,4-5,8-9,13-14H2,(H,22,25). The number of nitrogens with one attached hydrogen (secondary N) is 1. The lowest BCUT2D eigenvalue weighted by Crippen LogP contribution is -2.38. The predicted molar refractivity (Wildman–Crippen MR) is 99.3 cm³/mol. The Balaban J connectivity index is 1.59. The number of rotatable bonds is 4. The van der Waals surface area contributed by atoms with E-state index in [0.29, 0.717) is 23.5 Å². The maximum absolute atomic E-state index is 12.6. The summed E-state index contributed by atoms with van der Waals surface area (Å²) in [6, 6.07) is 15.4. The van der Waals surface area contributed by atoms with Gasteiger partial charge < -0.3 is 15.0 Å². The number of anilines is 1. The van der Waals surface area contributed by atoms with Crippen molar-refractivity contribution in [3.05, 3.63) is 59.7 Å². The van der Waals surface area contributed by atoms with E-state index in [9.17, 15) is 9.59 Å². The molecule has 1 heterocycles. The van der Waals surface area contributed by atoms with E-state index in [1.165, 1.54) is 12.8 Å². The zero-order valence-electron chi connectivity index (χ0n) is 14.6. The monoisotopic (exact) mass is 350 g/mol. The normalized spacial score (nSPS) is 16.9. The van der Waals surface area contributed by atoms with Crippen molar-refractivity contribution >= 4 is 17.5 Å². The van der Waals surface area contributed by atoms with Crippen LogP contribution in [0.3, 0.4) is 0 Å². The van der Waals surface area contributed by atoms with E-state index in [1.54, 1.807) is 23.1 Å². The molecule has 2 aromatic carbocycles. The van der Waals surface area contributed by atoms with Crippen LogP contribution in [-0.2, 0) is 11.3 Å². The van der Waals surface area contributed by atoms with E-state index in [1.807, 2.05) is 30.3 Å². The lowest BCUT2D eigenvalue weighted by molar-refractivity contribution is -0.121. The van der Waals surface area contributed by atoms with Crippen LogP contribution in [0, 0.1) is 0 Å². The molecule has 1 saturated carbocycles. The predicted octanol–water partition coefficient (Wildman–Crippen LogP) is 3.28. The minimum Gasteiger partial charge on any atom is -0.482 e. The highest BCUT2D eigenvalue weighted by atomic mass is 16.5. The first kappa shape index (κ1) is 16.6. The van der Waals surface area contributed by atoms with Crippen LogP contribution < -0.4 is 15.0 Å². The summed E-state index contributed by atoms with van der Waals surface area (Å²) in [4.78, 5) is 26.7. The summed E-state index contributed by atoms with van der Waals surface area (Å²) >= 11 is 0. The maximum Gasteiger partial charge on any atom is 0.265 e. The number of nitrogens with zero attached hydrogens (tertiary/aromatic N) is 1. The van der Waals surface area contributed by atoms with Gasteiger partial charge in [-0.05, 0) is 36.6 Å². The molecule has 1 aliphatic heterocycles. The molecule has 0 atom stereocenters. The van der Waals surface area contributed by atoms with Gasteiger partial charge in [0.2, 0.25) is 0 Å². The van der Waals surface area contributed by atoms with Gasteiger partial charge in [0.05, 0.1) is 12.2 Å². The van der Waals surface area contributed by atoms with Crippen molar-refractivity contribution in [2.75, 3.05) is 11.5 Å². The lowest BCUT2D eigenvalue weighted by Gasteiger charge is -2.30. The van der Waals surface area contributed by atoms with Crippen molar-refractivity contribution in [1.82, 2.24) is 5.32 Å². The number of hydrogen-bond donors (Lipinski definition) is 1. The average molecular weight is 350 g/mol. The Morgan fingerprint density at radius 1 is 1.12 bits per heavy atom. The van der Waals surface area contributed by atoms with E-state index in [0.717, 1.165) is 18.4 Å². The number of ether oxygens (including phenoxy) is 1. The topological polar surface area (TPSA) is 58.6 Å². The first-order chi connectivity index (χ1) is 12.7. The van der Waals surface area contributed by atoms with Crippen molar-refractivity contribution in [2.45, 2.75) is 38.3 Å². The van der Waals surface area contributed by atoms with E-state index in [2.05, 4.69) is 5.32 Å². The van der Waals surface area contributed by atoms with Crippen LogP contribution in [-0.4, -0.2) is 24.5 Å². The van der Waals surface area contributed by atoms with E-state index >= 15 is 0 Å². The maximum atomic E-state index is 12.6. The smallest absolute Gasteiger partial charge is 0.265 e. The highest BCUT2D eigenvalue weighted by Gasteiger charge is 2.27. The van der Waals surface area contributed by atoms with Crippen LogP contribution in [0.25, 0.3) is 0 Å². The molecule has 2 amide bonds. The molecule has 1 fully saturated rings. The Kier molecular flexibility index (Phi) is 4.61. The van der Waals surface area contributed by atoms with Crippen LogP contribution in [0.15, 0.2) is 48.5 Å². The molecule has 4 rings (SSSR count). The van der Waals surface area contributed by atoms with Gasteiger partial charge in [-0.3, -0.25) is 9.59 Å². The first-order valence-corrected chi connectivity index (χ1v) is 9.13. The van der Waals surface area contributed by atoms with Crippen LogP contribution >= 0.6 is 0 Å². The molecule has 0 aromatic heterocycles. The molecule has 0 saturated heterocycles. The largest absolute Gasteiger partial charge is 0.482 e. The van der Waals surface area contributed by atoms with Gasteiger partial charge in [0.25, 0.3) is 11.8 Å². The molecule has 0 bridgehead atoms. The zero-order chi connectivity index (χ0) is 17.9. The summed E-state index contributed by atoms with van der Waals surface area (Å²) in [6.07, 6.45) is 4.42. The van der Waals surface area contributed by atoms with Crippen LogP contribution in [0.2, 0.25) is 0 Å². The summed E-state index contributed by atoms with van der Waals surface area (Å²) in [7, 11) is 0. The second-order valence-corrected chi connectivity index (χ2v) is 6.89. The number of carbonyl (C=O) groups excluding carboxylic acids is 2. The van der Waals surface area contributed by atoms with Crippen molar-refractivity contribution in [2.24, 2.45) is 0 Å². The number of amides is 2. The van der Waals surface area contributed by atoms with Gasteiger partial charge in [-0.2, -0.15) is 0 Å². The Morgan fingerprint density at radius 3 is 2.65 bits per heavy atom. The zero-order valence-corrected chi connectivity index (χ0v) is 14.6. The Bertz CT molecular complexity index is 813. The fourth-order valence-electron chi connectivity index (χ4n) is 3.62. The summed E-state index contributed by atoms with van der Waals surface area (Å²) in [5.41, 5.74) is 2.26. The Labute approximate surface area is 153 Å². The number of benzene rings is 2. The van der Waals surface area contributed by atoms with Gasteiger partial charge in [0.1, 0.15) is 5.75 Å². The SMILES string of the molecule is O=C(NC1CCCC1)c1ccc2c(c1)N(Cc1ccccc1)C(=O)CO2. The molecule has 0 spiro atoms. The molecule has 2 aromatic rings. The molecule has 134 valence electrons. The van der Waals surface area contributed by atoms with Gasteiger partial charge in [-0.1, -0.05) is 43.2 Å². The first-order valence-electron chi connectivity index (χ1n) is 9.13. The number of fused-ring (bicyclic) bond motifs is 1. The molecule has 2 aliphatic rings. The fraction of sp³-hybridized carbons (Fsp3) is 0.333. The van der Waals surface area contributed by atoms with E-state index in [-0.39, 0.29) is 24.5 Å². The second-order valence-electron chi connectivity index (χ2n) is 6.89. The van der Waals surface area contributed by atoms with Gasteiger partial charge in [0.15, 0.2) is 6.61 Å². The molecule has 1 aliphatic carbocycles. The van der Waals surface area contributed by atoms with Crippen LogP contribution in [0.5, 0.6) is 5.75 Å². The van der Waals surface area contributed by atoms with Crippen molar-refractivity contribution < 1.29 is 14.3 Å². The van der Waals surface area contributed by atoms with Crippen LogP contribution in [0.1, 0.15) is 41.6 Å². The number of carbonyl (C=O) groups is 2. The quantitative estimate of drug-likeness (QED) is 0.920. The van der Waals surface area contributed by atoms with Crippen molar-refractivity contribution in [3.63, 3.8) is 0 Å². The molecular weight excluding hydrogens is 328 g/mol. The third kappa shape index (κ3) is 3.43. The summed E-state index contributed by atoms with van der Waals surface area (Å²) in [6.45, 7) is 0.483. The number of hydrogen-bond acceptors (Lipinski definition) is 3. The molecular formula is C21H22N2O3. The van der Waals surface area contributed by atoms with Gasteiger partial charge >= 0.3 is 0 Å². The third-order valence-electron chi connectivity index (χ3n) is 5.04. The molecule has 5 nitrogen and oxygen atoms in total. The molecule has 1 N–H and O–H groups in total. The molecule has 0 radical (unpaired) electrons. The minimum absolute atomic E-state index is 0.0213. The van der Waals surface area contributed by atoms with Crippen molar-refractivity contribution in [1.29, 1.82) is 0 Å². The van der Waals surface area contributed by atoms with Gasteiger partial charge in [0, 0.05) is 11.6 Å². The van der Waals surface area contributed by atoms with Gasteiger partial charge in [-0.15, -0.1) is 0 Å². The third-order valence-corrected chi connectivity index (χ3v) is 5.04. The van der Waals surface area contributed by atoms with Gasteiger partial charge in [-0.25, -0.2) is 0 Å². The Morgan fingerprint density at radius 2 is 1.88 bits per heavy atom. The molecule has 5 heteroatoms. The van der Waals surface area contributed by atoms with E-state index in [4.69, 9.17) is 4.74 Å². The lowest BCUT2D eigenvalue weighted by atomic mass is 10.1. The summed E-state index contributed by atoms with van der Waals surface area (Å²) in [5.74, 6) is 0.449. The van der Waals surface area contributed by atoms with E-state index < -0.39 is 0 Å². The minimum atomic E-state index is -0.102. The molecule has 26 heavy (non-hydrogen) atoms. The Hall–Kier alpha value is -2.82. The summed E-state index contributed by atoms with van der Waals surface area (Å²) < 4.78 is 5.55. The molecule has 0 unspecified atom stereocenters. The second kappa shape index (κ2) is 7.20.